The number of thiazole rings is 1. The lowest BCUT2D eigenvalue weighted by Gasteiger charge is -2.35. The average molecular weight is 352 g/mol. The molecule has 0 saturated carbocycles. The molecular formula is C14H23Cl2N3OS. The number of hydrogen-bond donors (Lipinski definition) is 1. The van der Waals surface area contributed by atoms with Crippen LogP contribution in [0.4, 0.5) is 0 Å². The van der Waals surface area contributed by atoms with Crippen LogP contribution in [0.1, 0.15) is 49.6 Å². The van der Waals surface area contributed by atoms with E-state index < -0.39 is 0 Å². The Kier molecular flexibility index (Phi) is 7.95. The number of aromatic nitrogens is 1. The van der Waals surface area contributed by atoms with Gasteiger partial charge in [0, 0.05) is 30.6 Å². The zero-order chi connectivity index (χ0) is 13.1. The number of piperidine rings is 1. The van der Waals surface area contributed by atoms with Crippen molar-refractivity contribution in [2.75, 3.05) is 13.1 Å². The van der Waals surface area contributed by atoms with Crippen molar-refractivity contribution in [3.8, 4) is 0 Å². The highest BCUT2D eigenvalue weighted by atomic mass is 35.5. The zero-order valence-corrected chi connectivity index (χ0v) is 14.4. The number of nitrogens with zero attached hydrogens (tertiary/aromatic N) is 2. The third-order valence-electron chi connectivity index (χ3n) is 4.14. The molecular weight excluding hydrogens is 329 g/mol. The molecule has 3 rings (SSSR count). The van der Waals surface area contributed by atoms with Gasteiger partial charge in [0.05, 0.1) is 6.04 Å². The first-order chi connectivity index (χ1) is 9.34. The Morgan fingerprint density at radius 2 is 2.19 bits per heavy atom. The third kappa shape index (κ3) is 4.55. The Bertz CT molecular complexity index is 424. The highest BCUT2D eigenvalue weighted by Gasteiger charge is 2.31. The molecule has 1 aromatic heterocycles. The van der Waals surface area contributed by atoms with E-state index in [1.165, 1.54) is 12.8 Å². The summed E-state index contributed by atoms with van der Waals surface area (Å²) >= 11 is 1.67. The van der Waals surface area contributed by atoms with E-state index in [1.807, 2.05) is 11.6 Å². The lowest BCUT2D eigenvalue weighted by molar-refractivity contribution is -0.135. The van der Waals surface area contributed by atoms with Gasteiger partial charge in [-0.25, -0.2) is 4.98 Å². The summed E-state index contributed by atoms with van der Waals surface area (Å²) in [5, 5.41) is 6.52. The van der Waals surface area contributed by atoms with E-state index in [1.54, 1.807) is 11.3 Å². The van der Waals surface area contributed by atoms with Crippen LogP contribution in [0.5, 0.6) is 0 Å². The number of halogens is 2. The summed E-state index contributed by atoms with van der Waals surface area (Å²) in [5.74, 6) is 0.305. The zero-order valence-electron chi connectivity index (χ0n) is 12.0. The summed E-state index contributed by atoms with van der Waals surface area (Å²) in [4.78, 5) is 19.0. The van der Waals surface area contributed by atoms with Crippen LogP contribution in [-0.2, 0) is 4.79 Å². The Morgan fingerprint density at radius 1 is 1.33 bits per heavy atom. The van der Waals surface area contributed by atoms with Crippen LogP contribution in [0.2, 0.25) is 0 Å². The molecule has 120 valence electrons. The number of rotatable bonds is 3. The Morgan fingerprint density at radius 3 is 2.86 bits per heavy atom. The number of carbonyl (C=O) groups is 1. The maximum absolute atomic E-state index is 12.5. The van der Waals surface area contributed by atoms with E-state index in [4.69, 9.17) is 0 Å². The number of likely N-dealkylation sites (tertiary alicyclic amines) is 1. The second-order valence-corrected chi connectivity index (χ2v) is 6.39. The van der Waals surface area contributed by atoms with Crippen LogP contribution < -0.4 is 5.32 Å². The van der Waals surface area contributed by atoms with Crippen molar-refractivity contribution >= 4 is 42.1 Å². The van der Waals surface area contributed by atoms with Crippen LogP contribution in [0.15, 0.2) is 11.6 Å². The molecule has 1 amide bonds. The van der Waals surface area contributed by atoms with Crippen molar-refractivity contribution in [2.45, 2.75) is 50.6 Å². The van der Waals surface area contributed by atoms with Gasteiger partial charge in [-0.2, -0.15) is 0 Å². The van der Waals surface area contributed by atoms with E-state index in [-0.39, 0.29) is 30.9 Å². The van der Waals surface area contributed by atoms with Crippen molar-refractivity contribution in [3.05, 3.63) is 16.6 Å². The quantitative estimate of drug-likeness (QED) is 0.909. The third-order valence-corrected chi connectivity index (χ3v) is 5.02. The van der Waals surface area contributed by atoms with E-state index >= 15 is 0 Å². The molecule has 0 aromatic carbocycles. The largest absolute Gasteiger partial charge is 0.333 e. The SMILES string of the molecule is Cl.Cl.O=C(CC1CCCN1)N1CCCCC1c1nccs1. The molecule has 3 heterocycles. The molecule has 2 aliphatic rings. The normalized spacial score (nSPS) is 25.0. The van der Waals surface area contributed by atoms with E-state index in [9.17, 15) is 4.79 Å². The molecule has 1 N–H and O–H groups in total. The van der Waals surface area contributed by atoms with E-state index in [2.05, 4.69) is 15.2 Å². The molecule has 0 bridgehead atoms. The summed E-state index contributed by atoms with van der Waals surface area (Å²) in [6.07, 6.45) is 8.24. The van der Waals surface area contributed by atoms with Crippen LogP contribution >= 0.6 is 36.2 Å². The molecule has 2 fully saturated rings. The predicted molar refractivity (Wildman–Crippen MR) is 90.6 cm³/mol. The minimum Gasteiger partial charge on any atom is -0.333 e. The number of carbonyl (C=O) groups excluding carboxylic acids is 1. The average Bonchev–Trinajstić information content (AvgIpc) is 3.11. The van der Waals surface area contributed by atoms with Crippen LogP contribution in [-0.4, -0.2) is 34.9 Å². The smallest absolute Gasteiger partial charge is 0.224 e. The van der Waals surface area contributed by atoms with Gasteiger partial charge in [-0.05, 0) is 38.6 Å². The highest BCUT2D eigenvalue weighted by Crippen LogP contribution is 2.32. The highest BCUT2D eigenvalue weighted by molar-refractivity contribution is 7.09. The first kappa shape index (κ1) is 18.7. The Labute approximate surface area is 142 Å². The summed E-state index contributed by atoms with van der Waals surface area (Å²) in [6.45, 7) is 1.96. The van der Waals surface area contributed by atoms with Gasteiger partial charge in [0.25, 0.3) is 0 Å². The summed E-state index contributed by atoms with van der Waals surface area (Å²) in [5.41, 5.74) is 0. The van der Waals surface area contributed by atoms with Gasteiger partial charge in [-0.3, -0.25) is 4.79 Å². The summed E-state index contributed by atoms with van der Waals surface area (Å²) < 4.78 is 0. The van der Waals surface area contributed by atoms with Crippen molar-refractivity contribution in [2.24, 2.45) is 0 Å². The van der Waals surface area contributed by atoms with Gasteiger partial charge < -0.3 is 10.2 Å². The predicted octanol–water partition coefficient (Wildman–Crippen LogP) is 3.18. The lowest BCUT2D eigenvalue weighted by atomic mass is 10.0. The van der Waals surface area contributed by atoms with Gasteiger partial charge in [-0.1, -0.05) is 0 Å². The molecule has 2 saturated heterocycles. The first-order valence-corrected chi connectivity index (χ1v) is 8.15. The second-order valence-electron chi connectivity index (χ2n) is 5.47. The van der Waals surface area contributed by atoms with Crippen molar-refractivity contribution in [1.82, 2.24) is 15.2 Å². The summed E-state index contributed by atoms with van der Waals surface area (Å²) in [7, 11) is 0. The van der Waals surface area contributed by atoms with Gasteiger partial charge in [-0.15, -0.1) is 36.2 Å². The van der Waals surface area contributed by atoms with Gasteiger partial charge >= 0.3 is 0 Å². The summed E-state index contributed by atoms with van der Waals surface area (Å²) in [6, 6.07) is 0.619. The van der Waals surface area contributed by atoms with Gasteiger partial charge in [0.1, 0.15) is 5.01 Å². The molecule has 21 heavy (non-hydrogen) atoms. The van der Waals surface area contributed by atoms with Crippen LogP contribution in [0.3, 0.4) is 0 Å². The fraction of sp³-hybridized carbons (Fsp3) is 0.714. The number of hydrogen-bond acceptors (Lipinski definition) is 4. The molecule has 7 heteroatoms. The molecule has 4 nitrogen and oxygen atoms in total. The fourth-order valence-corrected chi connectivity index (χ4v) is 3.93. The van der Waals surface area contributed by atoms with Crippen LogP contribution in [0, 0.1) is 0 Å². The maximum Gasteiger partial charge on any atom is 0.224 e. The molecule has 2 aliphatic heterocycles. The maximum atomic E-state index is 12.5. The van der Waals surface area contributed by atoms with Crippen molar-refractivity contribution in [3.63, 3.8) is 0 Å². The Hall–Kier alpha value is -0.360. The van der Waals surface area contributed by atoms with E-state index in [0.717, 1.165) is 37.4 Å². The van der Waals surface area contributed by atoms with Crippen LogP contribution in [0.25, 0.3) is 0 Å². The monoisotopic (exact) mass is 351 g/mol. The first-order valence-electron chi connectivity index (χ1n) is 7.27. The van der Waals surface area contributed by atoms with Crippen molar-refractivity contribution in [1.29, 1.82) is 0 Å². The van der Waals surface area contributed by atoms with Gasteiger partial charge in [0.2, 0.25) is 5.91 Å². The second kappa shape index (κ2) is 8.93. The molecule has 0 radical (unpaired) electrons. The topological polar surface area (TPSA) is 45.2 Å². The molecule has 0 aliphatic carbocycles. The lowest BCUT2D eigenvalue weighted by Crippen LogP contribution is -2.41. The Balaban J connectivity index is 0.00000110. The van der Waals surface area contributed by atoms with Gasteiger partial charge in [0.15, 0.2) is 0 Å². The molecule has 0 spiro atoms. The van der Waals surface area contributed by atoms with E-state index in [0.29, 0.717) is 18.4 Å². The standard InChI is InChI=1S/C14H21N3OS.2ClH/c18-13(10-11-4-3-6-15-11)17-8-2-1-5-12(17)14-16-7-9-19-14;;/h7,9,11-12,15H,1-6,8,10H2;2*1H. The van der Waals surface area contributed by atoms with Crippen molar-refractivity contribution < 1.29 is 4.79 Å². The molecule has 2 atom stereocenters. The minimum absolute atomic E-state index is 0. The number of nitrogens with one attached hydrogen (secondary N) is 1. The molecule has 1 aromatic rings. The fourth-order valence-electron chi connectivity index (χ4n) is 3.14. The number of amides is 1. The molecule has 2 unspecified atom stereocenters. The minimum atomic E-state index is 0.